The summed E-state index contributed by atoms with van der Waals surface area (Å²) in [7, 11) is -4.54. The maximum absolute atomic E-state index is 14.9. The van der Waals surface area contributed by atoms with E-state index < -0.39 is 55.8 Å². The summed E-state index contributed by atoms with van der Waals surface area (Å²) in [4.78, 5) is 26.7. The number of nitrogens with one attached hydrogen (secondary N) is 2. The van der Waals surface area contributed by atoms with Crippen LogP contribution in [0.5, 0.6) is 0 Å². The lowest BCUT2D eigenvalue weighted by Gasteiger charge is -2.12. The number of nitrogens with zero attached hydrogens (tertiary/aromatic N) is 1. The zero-order valence-corrected chi connectivity index (χ0v) is 17.3. The summed E-state index contributed by atoms with van der Waals surface area (Å²) in [6.07, 6.45) is 0.814. The van der Waals surface area contributed by atoms with Crippen LogP contribution in [0.15, 0.2) is 59.6 Å². The van der Waals surface area contributed by atoms with Gasteiger partial charge in [-0.2, -0.15) is 0 Å². The molecule has 0 saturated carbocycles. The molecule has 0 unspecified atom stereocenters. The van der Waals surface area contributed by atoms with Crippen molar-refractivity contribution in [3.63, 3.8) is 0 Å². The minimum atomic E-state index is -4.54. The third-order valence-corrected chi connectivity index (χ3v) is 5.63. The molecule has 166 valence electrons. The first kappa shape index (κ1) is 22.9. The van der Waals surface area contributed by atoms with E-state index in [0.29, 0.717) is 5.56 Å². The molecule has 1 aromatic heterocycles. The van der Waals surface area contributed by atoms with E-state index in [0.717, 1.165) is 24.3 Å². The average molecular weight is 463 g/mol. The van der Waals surface area contributed by atoms with E-state index in [2.05, 4.69) is 10.3 Å². The Balaban J connectivity index is 1.87. The lowest BCUT2D eigenvalue weighted by Crippen LogP contribution is -2.18. The number of hydrogen-bond acceptors (Lipinski definition) is 5. The molecule has 3 aromatic rings. The predicted octanol–water partition coefficient (Wildman–Crippen LogP) is 3.68. The van der Waals surface area contributed by atoms with Crippen molar-refractivity contribution in [2.45, 2.75) is 18.2 Å². The van der Waals surface area contributed by atoms with Gasteiger partial charge in [0, 0.05) is 19.5 Å². The summed E-state index contributed by atoms with van der Waals surface area (Å²) in [6.45, 7) is 1.29. The number of benzene rings is 2. The maximum Gasteiger partial charge on any atom is 0.264 e. The van der Waals surface area contributed by atoms with Gasteiger partial charge in [0.1, 0.15) is 22.3 Å². The van der Waals surface area contributed by atoms with Gasteiger partial charge in [0.15, 0.2) is 11.6 Å². The Morgan fingerprint density at radius 2 is 1.69 bits per heavy atom. The Labute approximate surface area is 181 Å². The molecule has 0 bridgehead atoms. The van der Waals surface area contributed by atoms with E-state index in [9.17, 15) is 31.2 Å². The second kappa shape index (κ2) is 9.18. The van der Waals surface area contributed by atoms with Gasteiger partial charge in [-0.1, -0.05) is 18.2 Å². The van der Waals surface area contributed by atoms with E-state index in [1.165, 1.54) is 37.4 Å². The number of halogens is 3. The number of carbonyl (C=O) groups excluding carboxylic acids is 2. The monoisotopic (exact) mass is 463 g/mol. The summed E-state index contributed by atoms with van der Waals surface area (Å²) in [6, 6.07) is 8.82. The highest BCUT2D eigenvalue weighted by atomic mass is 32.2. The number of Topliss-reactive ketones (excluding diaryl/α,β-unsaturated/α-hetero) is 1. The fourth-order valence-electron chi connectivity index (χ4n) is 2.81. The van der Waals surface area contributed by atoms with Crippen molar-refractivity contribution in [1.29, 1.82) is 0 Å². The molecule has 0 atom stereocenters. The minimum Gasteiger partial charge on any atom is -0.311 e. The maximum atomic E-state index is 14.9. The van der Waals surface area contributed by atoms with Crippen molar-refractivity contribution in [1.82, 2.24) is 4.98 Å². The number of ketones is 1. The molecule has 2 N–H and O–H groups in total. The van der Waals surface area contributed by atoms with Crippen LogP contribution >= 0.6 is 0 Å². The van der Waals surface area contributed by atoms with Crippen molar-refractivity contribution in [3.05, 3.63) is 83.3 Å². The number of amides is 1. The third kappa shape index (κ3) is 5.11. The van der Waals surface area contributed by atoms with Gasteiger partial charge < -0.3 is 5.32 Å². The van der Waals surface area contributed by atoms with E-state index in [1.807, 2.05) is 4.72 Å². The normalized spacial score (nSPS) is 11.1. The molecule has 0 saturated heterocycles. The molecule has 0 aliphatic heterocycles. The highest BCUT2D eigenvalue weighted by Gasteiger charge is 2.25. The van der Waals surface area contributed by atoms with Gasteiger partial charge in [-0.15, -0.1) is 0 Å². The van der Waals surface area contributed by atoms with Crippen LogP contribution in [0.4, 0.5) is 24.7 Å². The van der Waals surface area contributed by atoms with Crippen molar-refractivity contribution >= 4 is 33.2 Å². The third-order valence-electron chi connectivity index (χ3n) is 4.23. The van der Waals surface area contributed by atoms with E-state index in [-0.39, 0.29) is 11.7 Å². The number of hydrogen-bond donors (Lipinski definition) is 2. The minimum absolute atomic E-state index is 0.232. The van der Waals surface area contributed by atoms with Crippen molar-refractivity contribution in [3.8, 4) is 0 Å². The first-order valence-electron chi connectivity index (χ1n) is 9.09. The molecule has 1 heterocycles. The zero-order chi connectivity index (χ0) is 23.5. The molecule has 0 spiro atoms. The van der Waals surface area contributed by atoms with Crippen molar-refractivity contribution in [2.24, 2.45) is 0 Å². The molecule has 3 rings (SSSR count). The topological polar surface area (TPSA) is 105 Å². The average Bonchev–Trinajstić information content (AvgIpc) is 2.71. The van der Waals surface area contributed by atoms with E-state index >= 15 is 0 Å². The summed E-state index contributed by atoms with van der Waals surface area (Å²) < 4.78 is 69.6. The molecule has 0 aliphatic carbocycles. The van der Waals surface area contributed by atoms with Gasteiger partial charge in [-0.25, -0.2) is 26.6 Å². The largest absolute Gasteiger partial charge is 0.311 e. The number of rotatable bonds is 7. The Hall–Kier alpha value is -3.73. The zero-order valence-electron chi connectivity index (χ0n) is 16.5. The molecule has 7 nitrogen and oxygen atoms in total. The molecule has 0 aliphatic rings. The van der Waals surface area contributed by atoms with Crippen molar-refractivity contribution in [2.75, 3.05) is 10.0 Å². The molecular weight excluding hydrogens is 447 g/mol. The lowest BCUT2D eigenvalue weighted by molar-refractivity contribution is -0.114. The van der Waals surface area contributed by atoms with Crippen LogP contribution in [0.3, 0.4) is 0 Å². The highest BCUT2D eigenvalue weighted by molar-refractivity contribution is 7.92. The highest BCUT2D eigenvalue weighted by Crippen LogP contribution is 2.26. The molecule has 1 amide bonds. The predicted molar refractivity (Wildman–Crippen MR) is 110 cm³/mol. The number of aromatic nitrogens is 1. The van der Waals surface area contributed by atoms with Crippen LogP contribution < -0.4 is 10.0 Å². The first-order chi connectivity index (χ1) is 15.1. The summed E-state index contributed by atoms with van der Waals surface area (Å²) in [5, 5.41) is 2.44. The van der Waals surface area contributed by atoms with Crippen LogP contribution in [0.1, 0.15) is 22.8 Å². The Bertz CT molecular complexity index is 1300. The molecule has 32 heavy (non-hydrogen) atoms. The molecule has 0 radical (unpaired) electrons. The standard InChI is InChI=1S/C21H16F3N3O4S/c1-12(28)26-19-9-6-13(11-25-19)10-17(29)20-15(23)7-8-16(21(20)24)27-32(30,31)18-5-3-2-4-14(18)22/h2-9,11,27H,10H2,1H3,(H,25,26,28). The van der Waals surface area contributed by atoms with Gasteiger partial charge in [-0.3, -0.25) is 14.3 Å². The van der Waals surface area contributed by atoms with Gasteiger partial charge in [0.2, 0.25) is 5.91 Å². The summed E-state index contributed by atoms with van der Waals surface area (Å²) in [5.74, 6) is -4.77. The number of pyridine rings is 1. The van der Waals surface area contributed by atoms with E-state index in [4.69, 9.17) is 0 Å². The van der Waals surface area contributed by atoms with Gasteiger partial charge in [-0.05, 0) is 35.9 Å². The second-order valence-corrected chi connectivity index (χ2v) is 8.30. The van der Waals surface area contributed by atoms with Gasteiger partial charge in [0.25, 0.3) is 10.0 Å². The SMILES string of the molecule is CC(=O)Nc1ccc(CC(=O)c2c(F)ccc(NS(=O)(=O)c3ccccc3F)c2F)cn1. The van der Waals surface area contributed by atoms with Crippen LogP contribution in [0, 0.1) is 17.5 Å². The fraction of sp³-hybridized carbons (Fsp3) is 0.0952. The first-order valence-corrected chi connectivity index (χ1v) is 10.6. The summed E-state index contributed by atoms with van der Waals surface area (Å²) in [5.41, 5.74) is -1.36. The number of anilines is 2. The van der Waals surface area contributed by atoms with Crippen molar-refractivity contribution < 1.29 is 31.2 Å². The van der Waals surface area contributed by atoms with Gasteiger partial charge in [0.05, 0.1) is 11.3 Å². The van der Waals surface area contributed by atoms with Crippen LogP contribution in [-0.2, 0) is 21.2 Å². The molecule has 0 fully saturated rings. The Morgan fingerprint density at radius 1 is 0.969 bits per heavy atom. The van der Waals surface area contributed by atoms with E-state index in [1.54, 1.807) is 0 Å². The smallest absolute Gasteiger partial charge is 0.264 e. The van der Waals surface area contributed by atoms with Crippen LogP contribution in [0.2, 0.25) is 0 Å². The Kier molecular flexibility index (Phi) is 6.58. The second-order valence-electron chi connectivity index (χ2n) is 6.65. The van der Waals surface area contributed by atoms with Crippen LogP contribution in [0.25, 0.3) is 0 Å². The number of sulfonamides is 1. The van der Waals surface area contributed by atoms with Crippen LogP contribution in [-0.4, -0.2) is 25.1 Å². The molecule has 11 heteroatoms. The van der Waals surface area contributed by atoms with Gasteiger partial charge >= 0.3 is 0 Å². The summed E-state index contributed by atoms with van der Waals surface area (Å²) >= 11 is 0. The molecule has 2 aromatic carbocycles. The Morgan fingerprint density at radius 3 is 2.31 bits per heavy atom. The number of carbonyl (C=O) groups is 2. The molecular formula is C21H16F3N3O4S. The fourth-order valence-corrected chi connectivity index (χ4v) is 3.95. The lowest BCUT2D eigenvalue weighted by atomic mass is 10.0. The quantitative estimate of drug-likeness (QED) is 0.520.